The lowest BCUT2D eigenvalue weighted by Gasteiger charge is -2.31. The molecule has 8 heteroatoms. The van der Waals surface area contributed by atoms with E-state index in [1.54, 1.807) is 6.07 Å². The molecule has 26 heavy (non-hydrogen) atoms. The summed E-state index contributed by atoms with van der Waals surface area (Å²) in [7, 11) is 0. The molecule has 0 radical (unpaired) electrons. The lowest BCUT2D eigenvalue weighted by Crippen LogP contribution is -2.43. The molecule has 1 amide bonds. The van der Waals surface area contributed by atoms with E-state index < -0.39 is 0 Å². The van der Waals surface area contributed by atoms with Crippen LogP contribution in [0.25, 0.3) is 5.65 Å². The summed E-state index contributed by atoms with van der Waals surface area (Å²) in [5.41, 5.74) is 0.629. The van der Waals surface area contributed by atoms with Crippen molar-refractivity contribution >= 4 is 29.1 Å². The number of pyridine rings is 1. The molecule has 0 aromatic carbocycles. The molecule has 1 N–H and O–H groups in total. The predicted molar refractivity (Wildman–Crippen MR) is 98.2 cm³/mol. The Morgan fingerprint density at radius 3 is 3.08 bits per heavy atom. The number of anilines is 1. The topological polar surface area (TPSA) is 75.7 Å². The normalized spacial score (nSPS) is 17.6. The highest BCUT2D eigenvalue weighted by molar-refractivity contribution is 6.33. The van der Waals surface area contributed by atoms with E-state index in [-0.39, 0.29) is 11.8 Å². The molecule has 3 aromatic heterocycles. The number of fused-ring (bicyclic) bond motifs is 1. The van der Waals surface area contributed by atoms with Crippen molar-refractivity contribution in [3.8, 4) is 0 Å². The van der Waals surface area contributed by atoms with Gasteiger partial charge < -0.3 is 14.6 Å². The first-order chi connectivity index (χ1) is 12.6. The average molecular weight is 374 g/mol. The van der Waals surface area contributed by atoms with Gasteiger partial charge in [0, 0.05) is 19.3 Å². The number of piperidine rings is 1. The van der Waals surface area contributed by atoms with Crippen LogP contribution in [0.1, 0.15) is 24.4 Å². The molecule has 1 atom stereocenters. The van der Waals surface area contributed by atoms with Crippen molar-refractivity contribution < 1.29 is 9.21 Å². The number of furan rings is 1. The van der Waals surface area contributed by atoms with Crippen molar-refractivity contribution in [3.05, 3.63) is 47.0 Å². The Balaban J connectivity index is 1.45. The maximum Gasteiger partial charge on any atom is 0.231 e. The van der Waals surface area contributed by atoms with Gasteiger partial charge in [-0.1, -0.05) is 11.6 Å². The first-order valence-electron chi connectivity index (χ1n) is 8.69. The quantitative estimate of drug-likeness (QED) is 0.761. The van der Waals surface area contributed by atoms with Gasteiger partial charge in [0.15, 0.2) is 5.65 Å². The molecule has 4 heterocycles. The van der Waals surface area contributed by atoms with Crippen LogP contribution >= 0.6 is 11.6 Å². The van der Waals surface area contributed by atoms with Gasteiger partial charge in [0.2, 0.25) is 11.9 Å². The zero-order valence-electron chi connectivity index (χ0n) is 14.5. The van der Waals surface area contributed by atoms with Crippen LogP contribution in [0.3, 0.4) is 0 Å². The second kappa shape index (κ2) is 6.99. The van der Waals surface area contributed by atoms with Gasteiger partial charge in [0.1, 0.15) is 11.5 Å². The Labute approximate surface area is 155 Å². The fourth-order valence-electron chi connectivity index (χ4n) is 3.36. The zero-order chi connectivity index (χ0) is 18.1. The molecule has 7 nitrogen and oxygen atoms in total. The Morgan fingerprint density at radius 2 is 2.27 bits per heavy atom. The largest absolute Gasteiger partial charge is 0.465 e. The standard InChI is InChI=1S/C18H20ClN5O2/c1-12-6-7-14(26-12)10-20-17(25)13-4-2-8-23(11-13)18-22-21-16-15(19)5-3-9-24(16)18/h3,5-7,9,13H,2,4,8,10-11H2,1H3,(H,20,25). The molecule has 1 aliphatic heterocycles. The molecule has 136 valence electrons. The highest BCUT2D eigenvalue weighted by Crippen LogP contribution is 2.25. The number of carbonyl (C=O) groups excluding carboxylic acids is 1. The fourth-order valence-corrected chi connectivity index (χ4v) is 3.56. The Morgan fingerprint density at radius 1 is 1.38 bits per heavy atom. The van der Waals surface area contributed by atoms with Gasteiger partial charge in [-0.3, -0.25) is 9.20 Å². The van der Waals surface area contributed by atoms with Gasteiger partial charge in [-0.2, -0.15) is 0 Å². The van der Waals surface area contributed by atoms with E-state index in [4.69, 9.17) is 16.0 Å². The number of halogens is 1. The zero-order valence-corrected chi connectivity index (χ0v) is 15.2. The third kappa shape index (κ3) is 3.26. The predicted octanol–water partition coefficient (Wildman–Crippen LogP) is 2.82. The Hall–Kier alpha value is -2.54. The molecule has 4 rings (SSSR count). The summed E-state index contributed by atoms with van der Waals surface area (Å²) in [6.45, 7) is 3.75. The minimum Gasteiger partial charge on any atom is -0.465 e. The molecule has 0 bridgehead atoms. The van der Waals surface area contributed by atoms with Crippen molar-refractivity contribution in [1.82, 2.24) is 19.9 Å². The molecule has 0 spiro atoms. The van der Waals surface area contributed by atoms with Crippen molar-refractivity contribution in [3.63, 3.8) is 0 Å². The molecule has 1 aliphatic rings. The van der Waals surface area contributed by atoms with Crippen LogP contribution in [0.4, 0.5) is 5.95 Å². The number of aromatic nitrogens is 3. The lowest BCUT2D eigenvalue weighted by atomic mass is 9.97. The van der Waals surface area contributed by atoms with Crippen LogP contribution in [0.2, 0.25) is 5.02 Å². The number of carbonyl (C=O) groups is 1. The second-order valence-electron chi connectivity index (χ2n) is 6.57. The van der Waals surface area contributed by atoms with Crippen molar-refractivity contribution in [2.75, 3.05) is 18.0 Å². The number of nitrogens with zero attached hydrogens (tertiary/aromatic N) is 4. The fraction of sp³-hybridized carbons (Fsp3) is 0.389. The Bertz CT molecular complexity index is 935. The number of hydrogen-bond acceptors (Lipinski definition) is 5. The van der Waals surface area contributed by atoms with Gasteiger partial charge in [-0.25, -0.2) is 0 Å². The summed E-state index contributed by atoms with van der Waals surface area (Å²) >= 11 is 6.17. The van der Waals surface area contributed by atoms with Gasteiger partial charge in [-0.05, 0) is 44.0 Å². The van der Waals surface area contributed by atoms with E-state index in [1.807, 2.05) is 35.7 Å². The smallest absolute Gasteiger partial charge is 0.231 e. The van der Waals surface area contributed by atoms with Crippen LogP contribution in [-0.4, -0.2) is 33.6 Å². The monoisotopic (exact) mass is 373 g/mol. The third-order valence-electron chi connectivity index (χ3n) is 4.68. The van der Waals surface area contributed by atoms with Crippen LogP contribution in [0.5, 0.6) is 0 Å². The second-order valence-corrected chi connectivity index (χ2v) is 6.97. The van der Waals surface area contributed by atoms with E-state index >= 15 is 0 Å². The van der Waals surface area contributed by atoms with E-state index in [2.05, 4.69) is 20.4 Å². The van der Waals surface area contributed by atoms with Crippen LogP contribution in [0, 0.1) is 12.8 Å². The van der Waals surface area contributed by atoms with Crippen LogP contribution < -0.4 is 10.2 Å². The lowest BCUT2D eigenvalue weighted by molar-refractivity contribution is -0.125. The van der Waals surface area contributed by atoms with Crippen molar-refractivity contribution in [2.24, 2.45) is 5.92 Å². The van der Waals surface area contributed by atoms with Gasteiger partial charge in [0.05, 0.1) is 17.5 Å². The maximum atomic E-state index is 12.6. The molecular weight excluding hydrogens is 354 g/mol. The number of aryl methyl sites for hydroxylation is 1. The highest BCUT2D eigenvalue weighted by atomic mass is 35.5. The average Bonchev–Trinajstić information content (AvgIpc) is 3.27. The molecule has 1 fully saturated rings. The minimum atomic E-state index is -0.0913. The number of nitrogens with one attached hydrogen (secondary N) is 1. The van der Waals surface area contributed by atoms with Gasteiger partial charge in [-0.15, -0.1) is 10.2 Å². The van der Waals surface area contributed by atoms with E-state index in [0.29, 0.717) is 23.8 Å². The molecule has 1 saturated heterocycles. The van der Waals surface area contributed by atoms with Crippen LogP contribution in [-0.2, 0) is 11.3 Å². The molecular formula is C18H20ClN5O2. The van der Waals surface area contributed by atoms with Gasteiger partial charge >= 0.3 is 0 Å². The van der Waals surface area contributed by atoms with Crippen LogP contribution in [0.15, 0.2) is 34.9 Å². The van der Waals surface area contributed by atoms with Crippen molar-refractivity contribution in [1.29, 1.82) is 0 Å². The first kappa shape index (κ1) is 16.9. The number of hydrogen-bond donors (Lipinski definition) is 1. The highest BCUT2D eigenvalue weighted by Gasteiger charge is 2.28. The number of rotatable bonds is 4. The maximum absolute atomic E-state index is 12.6. The Kier molecular flexibility index (Phi) is 4.55. The number of amides is 1. The van der Waals surface area contributed by atoms with E-state index in [0.717, 1.165) is 36.9 Å². The first-order valence-corrected chi connectivity index (χ1v) is 9.07. The minimum absolute atomic E-state index is 0.0376. The molecule has 1 unspecified atom stereocenters. The van der Waals surface area contributed by atoms with E-state index in [1.165, 1.54) is 0 Å². The summed E-state index contributed by atoms with van der Waals surface area (Å²) in [6.07, 6.45) is 3.67. The van der Waals surface area contributed by atoms with Crippen molar-refractivity contribution in [2.45, 2.75) is 26.3 Å². The summed E-state index contributed by atoms with van der Waals surface area (Å²) in [6, 6.07) is 7.43. The van der Waals surface area contributed by atoms with E-state index in [9.17, 15) is 4.79 Å². The summed E-state index contributed by atoms with van der Waals surface area (Å²) in [5, 5.41) is 12.0. The summed E-state index contributed by atoms with van der Waals surface area (Å²) in [5.74, 6) is 2.28. The SMILES string of the molecule is Cc1ccc(CNC(=O)C2CCCN(c3nnc4c(Cl)cccn34)C2)o1. The molecule has 0 aliphatic carbocycles. The van der Waals surface area contributed by atoms with Gasteiger partial charge in [0.25, 0.3) is 0 Å². The molecule has 0 saturated carbocycles. The third-order valence-corrected chi connectivity index (χ3v) is 4.97. The molecule has 3 aromatic rings. The summed E-state index contributed by atoms with van der Waals surface area (Å²) < 4.78 is 7.37. The summed E-state index contributed by atoms with van der Waals surface area (Å²) in [4.78, 5) is 14.7.